The van der Waals surface area contributed by atoms with Gasteiger partial charge in [0.05, 0.1) is 17.7 Å². The van der Waals surface area contributed by atoms with Crippen molar-refractivity contribution in [3.05, 3.63) is 94.9 Å². The zero-order chi connectivity index (χ0) is 20.8. The van der Waals surface area contributed by atoms with E-state index in [1.807, 2.05) is 84.9 Å². The van der Waals surface area contributed by atoms with Gasteiger partial charge in [0.25, 0.3) is 5.91 Å². The standard InChI is InChI=1S/C24H20N2O3S/c1-28-20-12-10-19(11-13-20)25-24-26-23(27)22(30-24)15-18-8-5-9-21(14-18)29-16-17-6-3-2-4-7-17/h2-15H,16H2,1H3,(H,25,26,27)/b22-15-. The Balaban J connectivity index is 1.45. The molecule has 0 bridgehead atoms. The molecule has 3 aromatic carbocycles. The molecule has 1 heterocycles. The van der Waals surface area contributed by atoms with Crippen LogP contribution in [0.25, 0.3) is 6.08 Å². The molecule has 3 aromatic rings. The summed E-state index contributed by atoms with van der Waals surface area (Å²) >= 11 is 1.31. The number of amidine groups is 1. The minimum Gasteiger partial charge on any atom is -0.497 e. The van der Waals surface area contributed by atoms with Crippen LogP contribution >= 0.6 is 11.8 Å². The first-order valence-electron chi connectivity index (χ1n) is 9.40. The third kappa shape index (κ3) is 5.10. The molecule has 0 radical (unpaired) electrons. The van der Waals surface area contributed by atoms with Crippen LogP contribution in [0.4, 0.5) is 5.69 Å². The van der Waals surface area contributed by atoms with Gasteiger partial charge in [-0.05, 0) is 65.4 Å². The van der Waals surface area contributed by atoms with E-state index in [4.69, 9.17) is 9.47 Å². The van der Waals surface area contributed by atoms with Crippen molar-refractivity contribution >= 4 is 34.6 Å². The fraction of sp³-hybridized carbons (Fsp3) is 0.0833. The lowest BCUT2D eigenvalue weighted by Crippen LogP contribution is -2.19. The van der Waals surface area contributed by atoms with E-state index in [9.17, 15) is 4.79 Å². The van der Waals surface area contributed by atoms with Crippen molar-refractivity contribution in [3.8, 4) is 11.5 Å². The second-order valence-corrected chi connectivity index (χ2v) is 7.56. The van der Waals surface area contributed by atoms with Crippen molar-refractivity contribution in [2.45, 2.75) is 6.61 Å². The molecule has 5 nitrogen and oxygen atoms in total. The first kappa shape index (κ1) is 19.8. The number of amides is 1. The summed E-state index contributed by atoms with van der Waals surface area (Å²) < 4.78 is 11.0. The largest absolute Gasteiger partial charge is 0.497 e. The number of ether oxygens (including phenoxy) is 2. The number of benzene rings is 3. The molecule has 4 rings (SSSR count). The monoisotopic (exact) mass is 416 g/mol. The summed E-state index contributed by atoms with van der Waals surface area (Å²) in [6.45, 7) is 0.495. The van der Waals surface area contributed by atoms with Gasteiger partial charge >= 0.3 is 0 Å². The molecule has 150 valence electrons. The van der Waals surface area contributed by atoms with Crippen LogP contribution in [-0.4, -0.2) is 18.2 Å². The number of hydrogen-bond acceptors (Lipinski definition) is 5. The van der Waals surface area contributed by atoms with Crippen LogP contribution in [-0.2, 0) is 11.4 Å². The maximum Gasteiger partial charge on any atom is 0.264 e. The van der Waals surface area contributed by atoms with Gasteiger partial charge in [-0.2, -0.15) is 0 Å². The van der Waals surface area contributed by atoms with Crippen molar-refractivity contribution in [2.75, 3.05) is 7.11 Å². The van der Waals surface area contributed by atoms with Gasteiger partial charge in [0.15, 0.2) is 5.17 Å². The van der Waals surface area contributed by atoms with Gasteiger partial charge in [0.2, 0.25) is 0 Å². The molecule has 1 aliphatic rings. The summed E-state index contributed by atoms with van der Waals surface area (Å²) in [5.41, 5.74) is 2.74. The van der Waals surface area contributed by atoms with Crippen LogP contribution in [0.2, 0.25) is 0 Å². The number of thioether (sulfide) groups is 1. The third-order valence-corrected chi connectivity index (χ3v) is 5.27. The second-order valence-electron chi connectivity index (χ2n) is 6.53. The lowest BCUT2D eigenvalue weighted by atomic mass is 10.2. The van der Waals surface area contributed by atoms with Gasteiger partial charge in [-0.3, -0.25) is 4.79 Å². The maximum absolute atomic E-state index is 12.3. The Kier molecular flexibility index (Phi) is 6.15. The van der Waals surface area contributed by atoms with Crippen LogP contribution in [0.1, 0.15) is 11.1 Å². The molecule has 0 atom stereocenters. The van der Waals surface area contributed by atoms with Gasteiger partial charge in [-0.25, -0.2) is 4.99 Å². The summed E-state index contributed by atoms with van der Waals surface area (Å²) in [5, 5.41) is 3.35. The van der Waals surface area contributed by atoms with Crippen LogP contribution in [0.3, 0.4) is 0 Å². The Morgan fingerprint density at radius 1 is 0.967 bits per heavy atom. The minimum atomic E-state index is -0.164. The molecule has 0 aromatic heterocycles. The molecule has 1 fully saturated rings. The van der Waals surface area contributed by atoms with Crippen molar-refractivity contribution in [2.24, 2.45) is 4.99 Å². The molecule has 1 aliphatic heterocycles. The molecule has 1 amide bonds. The number of nitrogens with zero attached hydrogens (tertiary/aromatic N) is 1. The predicted molar refractivity (Wildman–Crippen MR) is 121 cm³/mol. The molecule has 0 unspecified atom stereocenters. The molecule has 30 heavy (non-hydrogen) atoms. The van der Waals surface area contributed by atoms with Crippen LogP contribution in [0.15, 0.2) is 88.8 Å². The van der Waals surface area contributed by atoms with Gasteiger partial charge < -0.3 is 14.8 Å². The lowest BCUT2D eigenvalue weighted by Gasteiger charge is -2.07. The number of carbonyl (C=O) groups excluding carboxylic acids is 1. The van der Waals surface area contributed by atoms with E-state index in [0.29, 0.717) is 16.7 Å². The van der Waals surface area contributed by atoms with Crippen LogP contribution < -0.4 is 14.8 Å². The number of nitrogens with one attached hydrogen (secondary N) is 1. The molecular weight excluding hydrogens is 396 g/mol. The highest BCUT2D eigenvalue weighted by Crippen LogP contribution is 2.29. The Hall–Kier alpha value is -3.51. The number of aliphatic imine (C=N–C) groups is 1. The van der Waals surface area contributed by atoms with Crippen molar-refractivity contribution in [1.29, 1.82) is 0 Å². The summed E-state index contributed by atoms with van der Waals surface area (Å²) in [4.78, 5) is 17.4. The van der Waals surface area contributed by atoms with E-state index in [-0.39, 0.29) is 5.91 Å². The molecule has 0 saturated carbocycles. The Labute approximate surface area is 179 Å². The highest BCUT2D eigenvalue weighted by Gasteiger charge is 2.23. The highest BCUT2D eigenvalue weighted by molar-refractivity contribution is 8.18. The van der Waals surface area contributed by atoms with Gasteiger partial charge in [-0.1, -0.05) is 42.5 Å². The average Bonchev–Trinajstić information content (AvgIpc) is 3.12. The normalized spacial score (nSPS) is 16.0. The fourth-order valence-electron chi connectivity index (χ4n) is 2.84. The quantitative estimate of drug-likeness (QED) is 0.564. The average molecular weight is 417 g/mol. The summed E-state index contributed by atoms with van der Waals surface area (Å²) in [6.07, 6.45) is 1.84. The van der Waals surface area contributed by atoms with Crippen molar-refractivity contribution < 1.29 is 14.3 Å². The first-order chi connectivity index (χ1) is 14.7. The number of methoxy groups -OCH3 is 1. The molecule has 0 spiro atoms. The lowest BCUT2D eigenvalue weighted by molar-refractivity contribution is -0.115. The number of hydrogen-bond donors (Lipinski definition) is 1. The van der Waals surface area contributed by atoms with Gasteiger partial charge in [0.1, 0.15) is 18.1 Å². The zero-order valence-electron chi connectivity index (χ0n) is 16.4. The first-order valence-corrected chi connectivity index (χ1v) is 10.2. The molecule has 1 saturated heterocycles. The van der Waals surface area contributed by atoms with E-state index in [1.165, 1.54) is 11.8 Å². The van der Waals surface area contributed by atoms with E-state index < -0.39 is 0 Å². The van der Waals surface area contributed by atoms with Crippen molar-refractivity contribution in [1.82, 2.24) is 5.32 Å². The van der Waals surface area contributed by atoms with Gasteiger partial charge in [0, 0.05) is 0 Å². The zero-order valence-corrected chi connectivity index (χ0v) is 17.2. The summed E-state index contributed by atoms with van der Waals surface area (Å²) in [5.74, 6) is 1.35. The molecule has 0 aliphatic carbocycles. The second kappa shape index (κ2) is 9.33. The van der Waals surface area contributed by atoms with E-state index in [1.54, 1.807) is 7.11 Å². The van der Waals surface area contributed by atoms with Crippen LogP contribution in [0, 0.1) is 0 Å². The smallest absolute Gasteiger partial charge is 0.264 e. The van der Waals surface area contributed by atoms with E-state index >= 15 is 0 Å². The molecular formula is C24H20N2O3S. The van der Waals surface area contributed by atoms with Crippen molar-refractivity contribution in [3.63, 3.8) is 0 Å². The number of rotatable bonds is 6. The SMILES string of the molecule is COc1ccc(N=C2NC(=O)/C(=C/c3cccc(OCc4ccccc4)c3)S2)cc1. The van der Waals surface area contributed by atoms with E-state index in [0.717, 1.165) is 28.3 Å². The third-order valence-electron chi connectivity index (χ3n) is 4.36. The predicted octanol–water partition coefficient (Wildman–Crippen LogP) is 5.17. The van der Waals surface area contributed by atoms with Gasteiger partial charge in [-0.15, -0.1) is 0 Å². The Morgan fingerprint density at radius 3 is 2.53 bits per heavy atom. The summed E-state index contributed by atoms with van der Waals surface area (Å²) in [7, 11) is 1.62. The fourth-order valence-corrected chi connectivity index (χ4v) is 3.68. The Bertz CT molecular complexity index is 1090. The van der Waals surface area contributed by atoms with Crippen LogP contribution in [0.5, 0.6) is 11.5 Å². The van der Waals surface area contributed by atoms with E-state index in [2.05, 4.69) is 10.3 Å². The summed E-state index contributed by atoms with van der Waals surface area (Å²) in [6, 6.07) is 25.0. The molecule has 1 N–H and O–H groups in total. The maximum atomic E-state index is 12.3. The number of carbonyl (C=O) groups is 1. The minimum absolute atomic E-state index is 0.164. The topological polar surface area (TPSA) is 59.9 Å². The Morgan fingerprint density at radius 2 is 1.77 bits per heavy atom. The molecule has 6 heteroatoms. The highest BCUT2D eigenvalue weighted by atomic mass is 32.2.